The summed E-state index contributed by atoms with van der Waals surface area (Å²) in [7, 11) is 0. The van der Waals surface area contributed by atoms with Crippen molar-refractivity contribution >= 4 is 11.6 Å². The molecule has 27 heavy (non-hydrogen) atoms. The fourth-order valence-electron chi connectivity index (χ4n) is 2.56. The number of amides is 1. The number of carbonyl (C=O) groups is 1. The smallest absolute Gasteiger partial charge is 0.336 e. The van der Waals surface area contributed by atoms with Crippen molar-refractivity contribution in [3.05, 3.63) is 54.1 Å². The number of nitrogens with one attached hydrogen (secondary N) is 1. The lowest BCUT2D eigenvalue weighted by Gasteiger charge is -2.08. The van der Waals surface area contributed by atoms with Crippen molar-refractivity contribution in [1.82, 2.24) is 14.8 Å². The molecule has 0 unspecified atom stereocenters. The molecule has 0 aliphatic carbocycles. The number of carbonyl (C=O) groups excluding carboxylic acids is 1. The molecule has 3 rings (SSSR count). The van der Waals surface area contributed by atoms with Gasteiger partial charge in [-0.25, -0.2) is 4.68 Å². The summed E-state index contributed by atoms with van der Waals surface area (Å²) < 4.78 is 7.45. The van der Waals surface area contributed by atoms with Crippen LogP contribution in [0.5, 0.6) is 6.01 Å². The van der Waals surface area contributed by atoms with Crippen LogP contribution in [0.2, 0.25) is 0 Å². The van der Waals surface area contributed by atoms with Crippen LogP contribution >= 0.6 is 0 Å². The Balaban J connectivity index is 1.98. The third-order valence-electron chi connectivity index (χ3n) is 3.96. The summed E-state index contributed by atoms with van der Waals surface area (Å²) in [6, 6.07) is 16.0. The number of aromatic nitrogens is 3. The number of benzene rings is 2. The molecule has 0 fully saturated rings. The molecule has 0 bridgehead atoms. The zero-order valence-electron chi connectivity index (χ0n) is 16.1. The van der Waals surface area contributed by atoms with Gasteiger partial charge in [-0.2, -0.15) is 4.98 Å². The minimum atomic E-state index is -0.0172. The maximum Gasteiger partial charge on any atom is 0.336 e. The Kier molecular flexibility index (Phi) is 5.54. The number of nitrogens with zero attached hydrogens (tertiary/aromatic N) is 3. The Labute approximate surface area is 159 Å². The number of hydrogen-bond donors (Lipinski definition) is 1. The van der Waals surface area contributed by atoms with E-state index in [0.717, 1.165) is 16.9 Å². The monoisotopic (exact) mass is 364 g/mol. The SMILES string of the molecule is CCC(=O)Nc1ccc(-n2nc(OC(C)C)nc2-c2ccc(C)cc2)cc1. The van der Waals surface area contributed by atoms with Crippen LogP contribution in [-0.4, -0.2) is 26.8 Å². The highest BCUT2D eigenvalue weighted by Crippen LogP contribution is 2.25. The zero-order valence-corrected chi connectivity index (χ0v) is 16.1. The van der Waals surface area contributed by atoms with Crippen LogP contribution in [0, 0.1) is 6.92 Å². The molecule has 0 saturated heterocycles. The molecule has 0 aliphatic heterocycles. The van der Waals surface area contributed by atoms with E-state index in [-0.39, 0.29) is 12.0 Å². The van der Waals surface area contributed by atoms with Gasteiger partial charge in [0, 0.05) is 17.7 Å². The molecular weight excluding hydrogens is 340 g/mol. The average Bonchev–Trinajstić information content (AvgIpc) is 3.05. The maximum absolute atomic E-state index is 11.6. The van der Waals surface area contributed by atoms with Gasteiger partial charge in [0.2, 0.25) is 5.91 Å². The fraction of sp³-hybridized carbons (Fsp3) is 0.286. The molecule has 0 spiro atoms. The van der Waals surface area contributed by atoms with Crippen LogP contribution in [0.3, 0.4) is 0 Å². The largest absolute Gasteiger partial charge is 0.460 e. The molecule has 0 atom stereocenters. The minimum Gasteiger partial charge on any atom is -0.460 e. The van der Waals surface area contributed by atoms with Crippen molar-refractivity contribution < 1.29 is 9.53 Å². The van der Waals surface area contributed by atoms with E-state index in [0.29, 0.717) is 18.3 Å². The van der Waals surface area contributed by atoms with E-state index >= 15 is 0 Å². The summed E-state index contributed by atoms with van der Waals surface area (Å²) in [6.45, 7) is 7.75. The second-order valence-electron chi connectivity index (χ2n) is 6.61. The van der Waals surface area contributed by atoms with Crippen LogP contribution in [0.25, 0.3) is 17.1 Å². The normalized spacial score (nSPS) is 10.9. The number of ether oxygens (including phenoxy) is 1. The summed E-state index contributed by atoms with van der Waals surface area (Å²) in [5.41, 5.74) is 3.72. The fourth-order valence-corrected chi connectivity index (χ4v) is 2.56. The van der Waals surface area contributed by atoms with Gasteiger partial charge in [0.25, 0.3) is 0 Å². The lowest BCUT2D eigenvalue weighted by molar-refractivity contribution is -0.115. The van der Waals surface area contributed by atoms with Crippen LogP contribution in [-0.2, 0) is 4.79 Å². The standard InChI is InChI=1S/C21H24N4O2/c1-5-19(26)22-17-10-12-18(13-11-17)25-20(16-8-6-15(4)7-9-16)23-21(24-25)27-14(2)3/h6-14H,5H2,1-4H3,(H,22,26). The molecule has 6 nitrogen and oxygen atoms in total. The van der Waals surface area contributed by atoms with Gasteiger partial charge >= 0.3 is 6.01 Å². The van der Waals surface area contributed by atoms with E-state index in [1.165, 1.54) is 5.56 Å². The first-order valence-electron chi connectivity index (χ1n) is 9.07. The Morgan fingerprint density at radius 1 is 1.11 bits per heavy atom. The summed E-state index contributed by atoms with van der Waals surface area (Å²) in [5, 5.41) is 7.37. The van der Waals surface area contributed by atoms with E-state index in [4.69, 9.17) is 4.74 Å². The molecule has 140 valence electrons. The lowest BCUT2D eigenvalue weighted by Crippen LogP contribution is -2.09. The lowest BCUT2D eigenvalue weighted by atomic mass is 10.1. The third-order valence-corrected chi connectivity index (χ3v) is 3.96. The van der Waals surface area contributed by atoms with Gasteiger partial charge in [0.05, 0.1) is 11.8 Å². The predicted octanol–water partition coefficient (Wildman–Crippen LogP) is 4.38. The molecule has 2 aromatic carbocycles. The van der Waals surface area contributed by atoms with Gasteiger partial charge in [-0.05, 0) is 45.0 Å². The van der Waals surface area contributed by atoms with Crippen molar-refractivity contribution in [3.8, 4) is 23.1 Å². The summed E-state index contributed by atoms with van der Waals surface area (Å²) >= 11 is 0. The average molecular weight is 364 g/mol. The molecule has 6 heteroatoms. The van der Waals surface area contributed by atoms with Crippen LogP contribution in [0.1, 0.15) is 32.8 Å². The van der Waals surface area contributed by atoms with Crippen molar-refractivity contribution in [2.75, 3.05) is 5.32 Å². The van der Waals surface area contributed by atoms with Crippen molar-refractivity contribution in [2.24, 2.45) is 0 Å². The molecule has 1 aromatic heterocycles. The first-order valence-corrected chi connectivity index (χ1v) is 9.07. The Morgan fingerprint density at radius 2 is 1.78 bits per heavy atom. The van der Waals surface area contributed by atoms with Gasteiger partial charge in [-0.1, -0.05) is 36.8 Å². The van der Waals surface area contributed by atoms with Gasteiger partial charge in [-0.3, -0.25) is 4.79 Å². The van der Waals surface area contributed by atoms with Crippen LogP contribution < -0.4 is 10.1 Å². The highest BCUT2D eigenvalue weighted by atomic mass is 16.5. The second-order valence-corrected chi connectivity index (χ2v) is 6.61. The summed E-state index contributed by atoms with van der Waals surface area (Å²) in [5.74, 6) is 0.687. The zero-order chi connectivity index (χ0) is 19.4. The molecule has 0 aliphatic rings. The molecule has 1 amide bonds. The number of aryl methyl sites for hydroxylation is 1. The Bertz CT molecular complexity index is 912. The van der Waals surface area contributed by atoms with Crippen molar-refractivity contribution in [1.29, 1.82) is 0 Å². The van der Waals surface area contributed by atoms with E-state index < -0.39 is 0 Å². The molecule has 3 aromatic rings. The Hall–Kier alpha value is -3.15. The molecule has 1 heterocycles. The van der Waals surface area contributed by atoms with Crippen molar-refractivity contribution in [3.63, 3.8) is 0 Å². The van der Waals surface area contributed by atoms with Crippen LogP contribution in [0.4, 0.5) is 5.69 Å². The Morgan fingerprint density at radius 3 is 2.37 bits per heavy atom. The minimum absolute atomic E-state index is 0.0154. The quantitative estimate of drug-likeness (QED) is 0.705. The maximum atomic E-state index is 11.6. The first-order chi connectivity index (χ1) is 13.0. The second kappa shape index (κ2) is 8.03. The van der Waals surface area contributed by atoms with Gasteiger partial charge < -0.3 is 10.1 Å². The highest BCUT2D eigenvalue weighted by molar-refractivity contribution is 5.90. The van der Waals surface area contributed by atoms with E-state index in [2.05, 4.69) is 15.4 Å². The topological polar surface area (TPSA) is 69.0 Å². The highest BCUT2D eigenvalue weighted by Gasteiger charge is 2.15. The molecule has 0 saturated carbocycles. The van der Waals surface area contributed by atoms with Gasteiger partial charge in [0.1, 0.15) is 0 Å². The van der Waals surface area contributed by atoms with E-state index in [1.807, 2.05) is 76.2 Å². The van der Waals surface area contributed by atoms with Gasteiger partial charge in [-0.15, -0.1) is 5.10 Å². The molecule has 0 radical (unpaired) electrons. The van der Waals surface area contributed by atoms with Gasteiger partial charge in [0.15, 0.2) is 5.82 Å². The summed E-state index contributed by atoms with van der Waals surface area (Å²) in [6.07, 6.45) is 0.427. The van der Waals surface area contributed by atoms with Crippen molar-refractivity contribution in [2.45, 2.75) is 40.2 Å². The van der Waals surface area contributed by atoms with E-state index in [1.54, 1.807) is 4.68 Å². The van der Waals surface area contributed by atoms with Crippen LogP contribution in [0.15, 0.2) is 48.5 Å². The molecule has 1 N–H and O–H groups in total. The number of rotatable bonds is 6. The predicted molar refractivity (Wildman–Crippen MR) is 106 cm³/mol. The number of anilines is 1. The third kappa shape index (κ3) is 4.53. The molecular formula is C21H24N4O2. The summed E-state index contributed by atoms with van der Waals surface area (Å²) in [4.78, 5) is 16.1. The first kappa shape index (κ1) is 18.6. The number of hydrogen-bond acceptors (Lipinski definition) is 4. The van der Waals surface area contributed by atoms with E-state index in [9.17, 15) is 4.79 Å².